The van der Waals surface area contributed by atoms with Gasteiger partial charge in [-0.2, -0.15) is 0 Å². The third kappa shape index (κ3) is 3.51. The fourth-order valence-electron chi connectivity index (χ4n) is 4.20. The van der Waals surface area contributed by atoms with Crippen molar-refractivity contribution in [2.24, 2.45) is 5.92 Å². The number of aromatic nitrogens is 1. The first-order chi connectivity index (χ1) is 13.0. The Morgan fingerprint density at radius 1 is 1.15 bits per heavy atom. The zero-order valence-corrected chi connectivity index (χ0v) is 15.8. The molecule has 1 aromatic carbocycles. The summed E-state index contributed by atoms with van der Waals surface area (Å²) in [6.45, 7) is 6.58. The number of aryl methyl sites for hydroxylation is 1. The first-order valence-corrected chi connectivity index (χ1v) is 9.52. The number of halogens is 1. The van der Waals surface area contributed by atoms with Crippen LogP contribution in [0.5, 0.6) is 0 Å². The second kappa shape index (κ2) is 7.44. The molecule has 1 unspecified atom stereocenters. The van der Waals surface area contributed by atoms with Crippen LogP contribution in [0, 0.1) is 25.6 Å². The topological polar surface area (TPSA) is 43.7 Å². The largest absolute Gasteiger partial charge is 0.350 e. The maximum atomic E-state index is 13.3. The number of ether oxygens (including phenoxy) is 2. The molecule has 5 nitrogen and oxygen atoms in total. The lowest BCUT2D eigenvalue weighted by molar-refractivity contribution is -0.0969. The summed E-state index contributed by atoms with van der Waals surface area (Å²) in [5, 5.41) is 0. The van der Waals surface area contributed by atoms with Gasteiger partial charge in [0, 0.05) is 36.1 Å². The first-order valence-electron chi connectivity index (χ1n) is 9.52. The fourth-order valence-corrected chi connectivity index (χ4v) is 4.20. The normalized spacial score (nSPS) is 21.0. The van der Waals surface area contributed by atoms with Crippen molar-refractivity contribution in [2.75, 3.05) is 26.3 Å². The number of amides is 1. The second-order valence-corrected chi connectivity index (χ2v) is 7.36. The SMILES string of the molecule is Cc1cc(C(=O)N2CCCC(C3OCCO3)C2)c(C)n1-c1ccc(F)cc1. The summed E-state index contributed by atoms with van der Waals surface area (Å²) in [7, 11) is 0. The Hall–Kier alpha value is -2.18. The van der Waals surface area contributed by atoms with Crippen LogP contribution >= 0.6 is 0 Å². The quantitative estimate of drug-likeness (QED) is 0.829. The van der Waals surface area contributed by atoms with Crippen molar-refractivity contribution in [1.29, 1.82) is 0 Å². The number of carbonyl (C=O) groups excluding carboxylic acids is 1. The molecule has 27 heavy (non-hydrogen) atoms. The summed E-state index contributed by atoms with van der Waals surface area (Å²) in [6.07, 6.45) is 1.78. The molecule has 3 heterocycles. The number of benzene rings is 1. The molecule has 0 aliphatic carbocycles. The van der Waals surface area contributed by atoms with E-state index in [4.69, 9.17) is 9.47 Å². The van der Waals surface area contributed by atoms with Gasteiger partial charge in [-0.15, -0.1) is 0 Å². The predicted octanol–water partition coefficient (Wildman–Crippen LogP) is 3.46. The zero-order valence-electron chi connectivity index (χ0n) is 15.8. The van der Waals surface area contributed by atoms with Gasteiger partial charge >= 0.3 is 0 Å². The van der Waals surface area contributed by atoms with Gasteiger partial charge in [-0.1, -0.05) is 0 Å². The second-order valence-electron chi connectivity index (χ2n) is 7.36. The van der Waals surface area contributed by atoms with Crippen molar-refractivity contribution in [2.45, 2.75) is 33.0 Å². The van der Waals surface area contributed by atoms with Gasteiger partial charge in [0.25, 0.3) is 5.91 Å². The van der Waals surface area contributed by atoms with Gasteiger partial charge in [-0.05, 0) is 57.0 Å². The molecule has 2 aromatic rings. The molecule has 2 aliphatic heterocycles. The molecule has 0 saturated carbocycles. The van der Waals surface area contributed by atoms with Crippen molar-refractivity contribution in [3.05, 3.63) is 53.1 Å². The van der Waals surface area contributed by atoms with E-state index >= 15 is 0 Å². The van der Waals surface area contributed by atoms with Crippen molar-refractivity contribution in [3.8, 4) is 5.69 Å². The summed E-state index contributed by atoms with van der Waals surface area (Å²) in [4.78, 5) is 15.1. The summed E-state index contributed by atoms with van der Waals surface area (Å²) in [6, 6.07) is 8.26. The van der Waals surface area contributed by atoms with Gasteiger partial charge in [0.1, 0.15) is 5.82 Å². The molecule has 1 amide bonds. The third-order valence-corrected chi connectivity index (χ3v) is 5.52. The van der Waals surface area contributed by atoms with E-state index in [2.05, 4.69) is 0 Å². The Labute approximate surface area is 158 Å². The van der Waals surface area contributed by atoms with Crippen molar-refractivity contribution >= 4 is 5.91 Å². The average molecular weight is 372 g/mol. The average Bonchev–Trinajstić information content (AvgIpc) is 3.31. The minimum atomic E-state index is -0.270. The first kappa shape index (κ1) is 18.2. The van der Waals surface area contributed by atoms with Crippen LogP contribution in [0.1, 0.15) is 34.6 Å². The molecule has 2 saturated heterocycles. The number of likely N-dealkylation sites (tertiary alicyclic amines) is 1. The molecule has 0 bridgehead atoms. The van der Waals surface area contributed by atoms with Crippen LogP contribution in [0.15, 0.2) is 30.3 Å². The van der Waals surface area contributed by atoms with Crippen molar-refractivity contribution in [1.82, 2.24) is 9.47 Å². The van der Waals surface area contributed by atoms with Crippen LogP contribution in [0.3, 0.4) is 0 Å². The summed E-state index contributed by atoms with van der Waals surface area (Å²) >= 11 is 0. The molecule has 4 rings (SSSR count). The lowest BCUT2D eigenvalue weighted by Crippen LogP contribution is -2.44. The van der Waals surface area contributed by atoms with Crippen LogP contribution < -0.4 is 0 Å². The van der Waals surface area contributed by atoms with Gasteiger partial charge in [0.05, 0.1) is 18.8 Å². The van der Waals surface area contributed by atoms with Gasteiger partial charge in [-0.3, -0.25) is 4.79 Å². The number of rotatable bonds is 3. The van der Waals surface area contributed by atoms with E-state index in [1.54, 1.807) is 12.1 Å². The number of carbonyl (C=O) groups is 1. The summed E-state index contributed by atoms with van der Waals surface area (Å²) < 4.78 is 26.5. The molecular weight excluding hydrogens is 347 g/mol. The smallest absolute Gasteiger partial charge is 0.255 e. The molecule has 144 valence electrons. The van der Waals surface area contributed by atoms with Crippen LogP contribution in [0.25, 0.3) is 5.69 Å². The minimum absolute atomic E-state index is 0.0409. The van der Waals surface area contributed by atoms with Crippen LogP contribution in [-0.4, -0.2) is 48.0 Å². The highest BCUT2D eigenvalue weighted by atomic mass is 19.1. The molecule has 6 heteroatoms. The number of hydrogen-bond acceptors (Lipinski definition) is 3. The highest BCUT2D eigenvalue weighted by Crippen LogP contribution is 2.28. The lowest BCUT2D eigenvalue weighted by atomic mass is 9.96. The Morgan fingerprint density at radius 2 is 1.85 bits per heavy atom. The zero-order chi connectivity index (χ0) is 19.0. The van der Waals surface area contributed by atoms with Crippen molar-refractivity contribution < 1.29 is 18.7 Å². The van der Waals surface area contributed by atoms with Crippen LogP contribution in [0.2, 0.25) is 0 Å². The summed E-state index contributed by atoms with van der Waals surface area (Å²) in [5.74, 6) is -0.00170. The van der Waals surface area contributed by atoms with E-state index in [1.165, 1.54) is 12.1 Å². The van der Waals surface area contributed by atoms with E-state index in [9.17, 15) is 9.18 Å². The monoisotopic (exact) mass is 372 g/mol. The molecule has 0 spiro atoms. The van der Waals surface area contributed by atoms with Gasteiger partial charge in [0.15, 0.2) is 6.29 Å². The fraction of sp³-hybridized carbons (Fsp3) is 0.476. The Bertz CT molecular complexity index is 825. The number of piperidine rings is 1. The van der Waals surface area contributed by atoms with E-state index in [0.29, 0.717) is 25.3 Å². The molecular formula is C21H25FN2O3. The Balaban J connectivity index is 1.57. The van der Waals surface area contributed by atoms with Crippen LogP contribution in [-0.2, 0) is 9.47 Å². The van der Waals surface area contributed by atoms with Crippen LogP contribution in [0.4, 0.5) is 4.39 Å². The molecule has 2 fully saturated rings. The Morgan fingerprint density at radius 3 is 2.56 bits per heavy atom. The van der Waals surface area contributed by atoms with E-state index < -0.39 is 0 Å². The minimum Gasteiger partial charge on any atom is -0.350 e. The lowest BCUT2D eigenvalue weighted by Gasteiger charge is -2.34. The molecule has 2 aliphatic rings. The molecule has 0 radical (unpaired) electrons. The van der Waals surface area contributed by atoms with Gasteiger partial charge in [-0.25, -0.2) is 4.39 Å². The maximum absolute atomic E-state index is 13.3. The molecule has 1 atom stereocenters. The number of nitrogens with zero attached hydrogens (tertiary/aromatic N) is 2. The van der Waals surface area contributed by atoms with E-state index in [0.717, 1.165) is 36.5 Å². The molecule has 0 N–H and O–H groups in total. The standard InChI is InChI=1S/C21H25FN2O3/c1-14-12-19(15(2)24(14)18-7-5-17(22)6-8-18)20(25)23-9-3-4-16(13-23)21-26-10-11-27-21/h5-8,12,16,21H,3-4,9-11,13H2,1-2H3. The Kier molecular flexibility index (Phi) is 5.02. The van der Waals surface area contributed by atoms with Gasteiger partial charge in [0.2, 0.25) is 0 Å². The van der Waals surface area contributed by atoms with E-state index in [-0.39, 0.29) is 23.9 Å². The molecule has 1 aromatic heterocycles. The number of hydrogen-bond donors (Lipinski definition) is 0. The summed E-state index contributed by atoms with van der Waals surface area (Å²) in [5.41, 5.74) is 3.39. The van der Waals surface area contributed by atoms with Gasteiger partial charge < -0.3 is 18.9 Å². The highest BCUT2D eigenvalue weighted by molar-refractivity contribution is 5.96. The predicted molar refractivity (Wildman–Crippen MR) is 99.5 cm³/mol. The third-order valence-electron chi connectivity index (χ3n) is 5.52. The maximum Gasteiger partial charge on any atom is 0.255 e. The van der Waals surface area contributed by atoms with Crippen molar-refractivity contribution in [3.63, 3.8) is 0 Å². The van der Waals surface area contributed by atoms with E-state index in [1.807, 2.05) is 29.4 Å². The highest BCUT2D eigenvalue weighted by Gasteiger charge is 2.33.